The van der Waals surface area contributed by atoms with Gasteiger partial charge in [-0.25, -0.2) is 10.6 Å². The van der Waals surface area contributed by atoms with Gasteiger partial charge in [0.25, 0.3) is 0 Å². The second kappa shape index (κ2) is 6.82. The predicted octanol–water partition coefficient (Wildman–Crippen LogP) is 2.38. The van der Waals surface area contributed by atoms with E-state index in [1.54, 1.807) is 25.2 Å². The number of halogens is 1. The average molecular weight is 342 g/mol. The third-order valence-electron chi connectivity index (χ3n) is 3.54. The van der Waals surface area contributed by atoms with Crippen LogP contribution in [0.3, 0.4) is 0 Å². The fourth-order valence-corrected chi connectivity index (χ4v) is 2.50. The number of rotatable bonds is 4. The zero-order valence-corrected chi connectivity index (χ0v) is 13.8. The molecule has 122 valence electrons. The maximum atomic E-state index is 12.2. The summed E-state index contributed by atoms with van der Waals surface area (Å²) in [5, 5.41) is 1.92. The number of aromatic nitrogens is 3. The van der Waals surface area contributed by atoms with E-state index in [2.05, 4.69) is 9.97 Å². The summed E-state index contributed by atoms with van der Waals surface area (Å²) >= 11 is 6.03. The van der Waals surface area contributed by atoms with Gasteiger partial charge < -0.3 is 0 Å². The van der Waals surface area contributed by atoms with Crippen LogP contribution in [0.15, 0.2) is 59.4 Å². The van der Waals surface area contributed by atoms with Crippen LogP contribution < -0.4 is 16.5 Å². The van der Waals surface area contributed by atoms with Crippen LogP contribution in [0.5, 0.6) is 0 Å². The summed E-state index contributed by atoms with van der Waals surface area (Å²) in [6, 6.07) is 16.8. The molecule has 0 amide bonds. The van der Waals surface area contributed by atoms with Crippen molar-refractivity contribution in [2.45, 2.75) is 6.54 Å². The second-order valence-corrected chi connectivity index (χ2v) is 5.75. The quantitative estimate of drug-likeness (QED) is 0.582. The molecule has 1 aromatic heterocycles. The van der Waals surface area contributed by atoms with Gasteiger partial charge in [0.15, 0.2) is 0 Å². The third kappa shape index (κ3) is 3.45. The number of hydrogen-bond donors (Lipinski definition) is 1. The first-order chi connectivity index (χ1) is 11.5. The first-order valence-electron chi connectivity index (χ1n) is 7.32. The summed E-state index contributed by atoms with van der Waals surface area (Å²) in [6.45, 7) is 0.392. The number of nitrogens with zero attached hydrogens (tertiary/aromatic N) is 4. The molecule has 0 aliphatic carbocycles. The molecular weight excluding hydrogens is 326 g/mol. The first kappa shape index (κ1) is 16.2. The smallest absolute Gasteiger partial charge is 0.279 e. The molecule has 0 aliphatic heterocycles. The monoisotopic (exact) mass is 341 g/mol. The Morgan fingerprint density at radius 1 is 1.12 bits per heavy atom. The van der Waals surface area contributed by atoms with Gasteiger partial charge in [-0.15, -0.1) is 0 Å². The van der Waals surface area contributed by atoms with Gasteiger partial charge in [-0.2, -0.15) is 9.97 Å². The molecule has 0 bridgehead atoms. The fourth-order valence-electron chi connectivity index (χ4n) is 2.31. The van der Waals surface area contributed by atoms with Gasteiger partial charge in [-0.1, -0.05) is 54.1 Å². The maximum absolute atomic E-state index is 12.2. The molecule has 0 fully saturated rings. The lowest BCUT2D eigenvalue weighted by Crippen LogP contribution is -2.35. The van der Waals surface area contributed by atoms with E-state index >= 15 is 0 Å². The Labute approximate surface area is 144 Å². The van der Waals surface area contributed by atoms with Crippen LogP contribution in [0.2, 0.25) is 5.02 Å². The molecule has 2 aromatic carbocycles. The molecule has 7 heteroatoms. The molecule has 6 nitrogen and oxygen atoms in total. The molecule has 0 atom stereocenters. The number of nitrogens with two attached hydrogens (primary N) is 1. The maximum Gasteiger partial charge on any atom is 0.352 e. The lowest BCUT2D eigenvalue weighted by Gasteiger charge is -2.18. The standard InChI is InChI=1S/C17H16ClN5O/c1-22-15(13-8-5-9-14(18)10-13)20-16(21-17(22)24)23(19)11-12-6-3-2-4-7-12/h2-10H,11,19H2,1H3. The van der Waals surface area contributed by atoms with Gasteiger partial charge in [-0.3, -0.25) is 9.58 Å². The molecule has 0 radical (unpaired) electrons. The summed E-state index contributed by atoms with van der Waals surface area (Å²) in [7, 11) is 1.61. The zero-order chi connectivity index (χ0) is 17.1. The Kier molecular flexibility index (Phi) is 4.59. The molecule has 0 aliphatic rings. The molecule has 0 saturated carbocycles. The van der Waals surface area contributed by atoms with E-state index in [-0.39, 0.29) is 5.95 Å². The molecule has 2 N–H and O–H groups in total. The van der Waals surface area contributed by atoms with Gasteiger partial charge >= 0.3 is 5.69 Å². The van der Waals surface area contributed by atoms with Crippen molar-refractivity contribution in [2.24, 2.45) is 12.9 Å². The summed E-state index contributed by atoms with van der Waals surface area (Å²) in [5.74, 6) is 6.68. The van der Waals surface area contributed by atoms with Crippen LogP contribution in [0.1, 0.15) is 5.56 Å². The number of anilines is 1. The number of benzene rings is 2. The van der Waals surface area contributed by atoms with E-state index in [0.29, 0.717) is 17.4 Å². The van der Waals surface area contributed by atoms with Crippen LogP contribution in [-0.2, 0) is 13.6 Å². The Morgan fingerprint density at radius 3 is 2.58 bits per heavy atom. The van der Waals surface area contributed by atoms with Gasteiger partial charge in [0.2, 0.25) is 5.95 Å². The van der Waals surface area contributed by atoms with E-state index in [4.69, 9.17) is 17.4 Å². The van der Waals surface area contributed by atoms with Crippen molar-refractivity contribution in [3.05, 3.63) is 75.7 Å². The highest BCUT2D eigenvalue weighted by Crippen LogP contribution is 2.21. The van der Waals surface area contributed by atoms with Crippen molar-refractivity contribution < 1.29 is 0 Å². The Bertz CT molecular complexity index is 910. The minimum absolute atomic E-state index is 0.164. The molecule has 0 unspecified atom stereocenters. The first-order valence-corrected chi connectivity index (χ1v) is 7.69. The van der Waals surface area contributed by atoms with Gasteiger partial charge in [0.1, 0.15) is 5.82 Å². The molecule has 3 rings (SSSR count). The Balaban J connectivity index is 1.99. The Morgan fingerprint density at radius 2 is 1.88 bits per heavy atom. The van der Waals surface area contributed by atoms with Crippen LogP contribution >= 0.6 is 11.6 Å². The second-order valence-electron chi connectivity index (χ2n) is 5.31. The van der Waals surface area contributed by atoms with Crippen LogP contribution in [0, 0.1) is 0 Å². The predicted molar refractivity (Wildman–Crippen MR) is 94.5 cm³/mol. The third-order valence-corrected chi connectivity index (χ3v) is 3.78. The van der Waals surface area contributed by atoms with E-state index in [1.807, 2.05) is 36.4 Å². The van der Waals surface area contributed by atoms with Crippen molar-refractivity contribution in [2.75, 3.05) is 5.01 Å². The lowest BCUT2D eigenvalue weighted by molar-refractivity contribution is 0.736. The van der Waals surface area contributed by atoms with Crippen molar-refractivity contribution in [3.8, 4) is 11.4 Å². The van der Waals surface area contributed by atoms with Crippen molar-refractivity contribution >= 4 is 17.5 Å². The molecule has 24 heavy (non-hydrogen) atoms. The molecule has 0 saturated heterocycles. The molecular formula is C17H16ClN5O. The van der Waals surface area contributed by atoms with Crippen LogP contribution in [0.25, 0.3) is 11.4 Å². The molecule has 1 heterocycles. The van der Waals surface area contributed by atoms with E-state index < -0.39 is 5.69 Å². The summed E-state index contributed by atoms with van der Waals surface area (Å²) in [5.41, 5.74) is 1.28. The highest BCUT2D eigenvalue weighted by molar-refractivity contribution is 6.30. The van der Waals surface area contributed by atoms with Crippen LogP contribution in [-0.4, -0.2) is 14.5 Å². The minimum atomic E-state index is -0.432. The topological polar surface area (TPSA) is 77.0 Å². The Hall–Kier alpha value is -2.70. The van der Waals surface area contributed by atoms with Gasteiger partial charge in [-0.05, 0) is 17.7 Å². The fraction of sp³-hybridized carbons (Fsp3) is 0.118. The lowest BCUT2D eigenvalue weighted by atomic mass is 10.2. The molecule has 0 spiro atoms. The number of hydrogen-bond acceptors (Lipinski definition) is 5. The SMILES string of the molecule is Cn1c(-c2cccc(Cl)c2)nc(N(N)Cc2ccccc2)nc1=O. The van der Waals surface area contributed by atoms with Gasteiger partial charge in [0, 0.05) is 17.6 Å². The average Bonchev–Trinajstić information content (AvgIpc) is 2.58. The van der Waals surface area contributed by atoms with Crippen molar-refractivity contribution in [1.82, 2.24) is 14.5 Å². The highest BCUT2D eigenvalue weighted by Gasteiger charge is 2.13. The summed E-state index contributed by atoms with van der Waals surface area (Å²) < 4.78 is 1.37. The van der Waals surface area contributed by atoms with Crippen molar-refractivity contribution in [1.29, 1.82) is 0 Å². The van der Waals surface area contributed by atoms with E-state index in [0.717, 1.165) is 11.1 Å². The largest absolute Gasteiger partial charge is 0.352 e. The molecule has 3 aromatic rings. The van der Waals surface area contributed by atoms with Gasteiger partial charge in [0.05, 0.1) is 6.54 Å². The highest BCUT2D eigenvalue weighted by atomic mass is 35.5. The minimum Gasteiger partial charge on any atom is -0.279 e. The van der Waals surface area contributed by atoms with Crippen LogP contribution in [0.4, 0.5) is 5.95 Å². The normalized spacial score (nSPS) is 10.6. The number of hydrazine groups is 1. The van der Waals surface area contributed by atoms with Crippen molar-refractivity contribution in [3.63, 3.8) is 0 Å². The zero-order valence-electron chi connectivity index (χ0n) is 13.1. The van der Waals surface area contributed by atoms with E-state index in [1.165, 1.54) is 9.58 Å². The summed E-state index contributed by atoms with van der Waals surface area (Å²) in [6.07, 6.45) is 0. The summed E-state index contributed by atoms with van der Waals surface area (Å²) in [4.78, 5) is 20.5. The van der Waals surface area contributed by atoms with E-state index in [9.17, 15) is 4.79 Å².